The van der Waals surface area contributed by atoms with Crippen LogP contribution < -0.4 is 14.5 Å². The Bertz CT molecular complexity index is 716. The quantitative estimate of drug-likeness (QED) is 0.775. The van der Waals surface area contributed by atoms with Crippen LogP contribution in [0.3, 0.4) is 0 Å². The third-order valence-electron chi connectivity index (χ3n) is 3.90. The Kier molecular flexibility index (Phi) is 6.57. The number of ether oxygens (including phenoxy) is 1. The highest BCUT2D eigenvalue weighted by molar-refractivity contribution is 5.96. The number of hydrogen-bond donors (Lipinski definition) is 0. The summed E-state index contributed by atoms with van der Waals surface area (Å²) in [7, 11) is 1.74. The van der Waals surface area contributed by atoms with Crippen molar-refractivity contribution in [2.75, 3.05) is 30.0 Å². The van der Waals surface area contributed by atoms with Gasteiger partial charge in [0.15, 0.2) is 0 Å². The molecule has 5 nitrogen and oxygen atoms in total. The predicted molar refractivity (Wildman–Crippen MR) is 100 cm³/mol. The van der Waals surface area contributed by atoms with Crippen molar-refractivity contribution in [3.8, 4) is 5.75 Å². The first-order chi connectivity index (χ1) is 12.0. The van der Waals surface area contributed by atoms with Gasteiger partial charge in [-0.15, -0.1) is 0 Å². The van der Waals surface area contributed by atoms with Gasteiger partial charge in [-0.2, -0.15) is 0 Å². The van der Waals surface area contributed by atoms with Crippen LogP contribution in [0.15, 0.2) is 54.6 Å². The van der Waals surface area contributed by atoms with Crippen LogP contribution >= 0.6 is 0 Å². The van der Waals surface area contributed by atoms with Crippen molar-refractivity contribution >= 4 is 23.2 Å². The van der Waals surface area contributed by atoms with Crippen molar-refractivity contribution < 1.29 is 14.3 Å². The lowest BCUT2D eigenvalue weighted by Gasteiger charge is -2.25. The van der Waals surface area contributed by atoms with E-state index in [4.69, 9.17) is 4.74 Å². The summed E-state index contributed by atoms with van der Waals surface area (Å²) in [6.45, 7) is 4.20. The van der Waals surface area contributed by atoms with E-state index in [-0.39, 0.29) is 18.2 Å². The van der Waals surface area contributed by atoms with Crippen molar-refractivity contribution in [3.05, 3.63) is 54.6 Å². The monoisotopic (exact) mass is 340 g/mol. The predicted octanol–water partition coefficient (Wildman–Crippen LogP) is 3.49. The molecule has 5 heteroatoms. The lowest BCUT2D eigenvalue weighted by molar-refractivity contribution is -0.118. The second kappa shape index (κ2) is 8.87. The van der Waals surface area contributed by atoms with E-state index in [2.05, 4.69) is 0 Å². The average molecular weight is 340 g/mol. The second-order valence-electron chi connectivity index (χ2n) is 5.61. The summed E-state index contributed by atoms with van der Waals surface area (Å²) >= 11 is 0. The molecule has 0 saturated heterocycles. The highest BCUT2D eigenvalue weighted by atomic mass is 16.5. The van der Waals surface area contributed by atoms with Crippen molar-refractivity contribution in [3.63, 3.8) is 0 Å². The Morgan fingerprint density at radius 2 is 1.64 bits per heavy atom. The van der Waals surface area contributed by atoms with Crippen molar-refractivity contribution in [2.24, 2.45) is 0 Å². The number of rotatable bonds is 7. The minimum Gasteiger partial charge on any atom is -0.492 e. The normalized spacial score (nSPS) is 10.2. The number of carbonyl (C=O) groups excluding carboxylic acids is 2. The van der Waals surface area contributed by atoms with E-state index >= 15 is 0 Å². The van der Waals surface area contributed by atoms with Gasteiger partial charge in [0.05, 0.1) is 12.3 Å². The molecule has 0 N–H and O–H groups in total. The Balaban J connectivity index is 2.10. The molecule has 0 spiro atoms. The third-order valence-corrected chi connectivity index (χ3v) is 3.90. The number of benzene rings is 2. The van der Waals surface area contributed by atoms with Gasteiger partial charge < -0.3 is 14.5 Å². The van der Waals surface area contributed by atoms with Crippen LogP contribution in [0.4, 0.5) is 11.4 Å². The van der Waals surface area contributed by atoms with Gasteiger partial charge in [0.2, 0.25) is 11.8 Å². The fourth-order valence-electron chi connectivity index (χ4n) is 2.58. The van der Waals surface area contributed by atoms with E-state index in [1.54, 1.807) is 16.8 Å². The van der Waals surface area contributed by atoms with Crippen LogP contribution in [0.25, 0.3) is 0 Å². The van der Waals surface area contributed by atoms with Crippen LogP contribution in [-0.2, 0) is 9.59 Å². The van der Waals surface area contributed by atoms with Crippen LogP contribution in [0.2, 0.25) is 0 Å². The molecule has 0 fully saturated rings. The smallest absolute Gasteiger partial charge is 0.228 e. The molecule has 0 atom stereocenters. The molecule has 2 amide bonds. The zero-order valence-corrected chi connectivity index (χ0v) is 14.9. The lowest BCUT2D eigenvalue weighted by Crippen LogP contribution is -2.35. The van der Waals surface area contributed by atoms with Crippen molar-refractivity contribution in [1.82, 2.24) is 0 Å². The molecule has 0 aliphatic carbocycles. The van der Waals surface area contributed by atoms with Gasteiger partial charge in [0.25, 0.3) is 0 Å². The van der Waals surface area contributed by atoms with E-state index in [1.807, 2.05) is 61.5 Å². The van der Waals surface area contributed by atoms with E-state index in [1.165, 1.54) is 6.92 Å². The molecule has 25 heavy (non-hydrogen) atoms. The maximum absolute atomic E-state index is 12.5. The molecule has 0 saturated carbocycles. The van der Waals surface area contributed by atoms with Crippen molar-refractivity contribution in [1.29, 1.82) is 0 Å². The highest BCUT2D eigenvalue weighted by Gasteiger charge is 2.19. The fourth-order valence-corrected chi connectivity index (χ4v) is 2.58. The number of carbonyl (C=O) groups is 2. The van der Waals surface area contributed by atoms with E-state index in [0.717, 1.165) is 5.69 Å². The van der Waals surface area contributed by atoms with E-state index in [0.29, 0.717) is 24.6 Å². The van der Waals surface area contributed by atoms with Crippen LogP contribution in [0, 0.1) is 0 Å². The lowest BCUT2D eigenvalue weighted by atomic mass is 10.2. The number of anilines is 2. The van der Waals surface area contributed by atoms with Crippen LogP contribution in [0.1, 0.15) is 20.3 Å². The van der Waals surface area contributed by atoms with Crippen molar-refractivity contribution in [2.45, 2.75) is 20.3 Å². The molecular weight excluding hydrogens is 316 g/mol. The summed E-state index contributed by atoms with van der Waals surface area (Å²) in [5, 5.41) is 0. The fraction of sp³-hybridized carbons (Fsp3) is 0.300. The largest absolute Gasteiger partial charge is 0.492 e. The van der Waals surface area contributed by atoms with Gasteiger partial charge in [-0.3, -0.25) is 9.59 Å². The summed E-state index contributed by atoms with van der Waals surface area (Å²) in [4.78, 5) is 27.8. The molecule has 2 rings (SSSR count). The van der Waals surface area contributed by atoms with Gasteiger partial charge in [0.1, 0.15) is 5.75 Å². The molecule has 0 aliphatic rings. The first-order valence-electron chi connectivity index (χ1n) is 8.36. The van der Waals surface area contributed by atoms with Gasteiger partial charge in [-0.05, 0) is 31.2 Å². The zero-order valence-electron chi connectivity index (χ0n) is 14.9. The summed E-state index contributed by atoms with van der Waals surface area (Å²) in [6, 6.07) is 16.8. The van der Waals surface area contributed by atoms with E-state index < -0.39 is 0 Å². The van der Waals surface area contributed by atoms with Crippen LogP contribution in [0.5, 0.6) is 5.75 Å². The van der Waals surface area contributed by atoms with Crippen LogP contribution in [-0.4, -0.2) is 32.0 Å². The Morgan fingerprint density at radius 1 is 1.00 bits per heavy atom. The van der Waals surface area contributed by atoms with Gasteiger partial charge in [-0.1, -0.05) is 30.3 Å². The minimum atomic E-state index is -0.123. The summed E-state index contributed by atoms with van der Waals surface area (Å²) in [5.41, 5.74) is 1.52. The molecule has 0 radical (unpaired) electrons. The SMILES string of the molecule is CCOc1ccccc1N(CCC(=O)N(C)c1ccccc1)C(C)=O. The topological polar surface area (TPSA) is 49.9 Å². The first kappa shape index (κ1) is 18.5. The number of para-hydroxylation sites is 3. The standard InChI is InChI=1S/C20H24N2O3/c1-4-25-19-13-9-8-12-18(19)22(16(2)23)15-14-20(24)21(3)17-10-6-5-7-11-17/h5-13H,4,14-15H2,1-3H3. The second-order valence-corrected chi connectivity index (χ2v) is 5.61. The average Bonchev–Trinajstić information content (AvgIpc) is 2.63. The van der Waals surface area contributed by atoms with Gasteiger partial charge in [0, 0.05) is 32.6 Å². The van der Waals surface area contributed by atoms with Gasteiger partial charge >= 0.3 is 0 Å². The summed E-state index contributed by atoms with van der Waals surface area (Å²) < 4.78 is 5.60. The first-order valence-corrected chi connectivity index (χ1v) is 8.36. The highest BCUT2D eigenvalue weighted by Crippen LogP contribution is 2.28. The Hall–Kier alpha value is -2.82. The third kappa shape index (κ3) is 4.83. The molecule has 2 aromatic rings. The molecule has 0 aromatic heterocycles. The summed E-state index contributed by atoms with van der Waals surface area (Å²) in [6.07, 6.45) is 0.228. The number of hydrogen-bond acceptors (Lipinski definition) is 3. The molecule has 0 heterocycles. The van der Waals surface area contributed by atoms with E-state index in [9.17, 15) is 9.59 Å². The maximum Gasteiger partial charge on any atom is 0.228 e. The summed E-state index contributed by atoms with van der Waals surface area (Å²) in [5.74, 6) is 0.470. The minimum absolute atomic E-state index is 0.0497. The molecule has 0 bridgehead atoms. The number of amides is 2. The molecule has 0 unspecified atom stereocenters. The number of nitrogens with zero attached hydrogens (tertiary/aromatic N) is 2. The Morgan fingerprint density at radius 3 is 2.28 bits per heavy atom. The molecule has 132 valence electrons. The maximum atomic E-state index is 12.5. The Labute approximate surface area is 148 Å². The molecule has 0 aliphatic heterocycles. The zero-order chi connectivity index (χ0) is 18.2. The molecule has 2 aromatic carbocycles. The molecular formula is C20H24N2O3. The van der Waals surface area contributed by atoms with Gasteiger partial charge in [-0.25, -0.2) is 0 Å².